The van der Waals surface area contributed by atoms with Crippen molar-refractivity contribution in [1.82, 2.24) is 5.32 Å². The molecule has 1 heterocycles. The maximum absolute atomic E-state index is 11.6. The molecule has 0 aromatic heterocycles. The monoisotopic (exact) mass is 329 g/mol. The molecule has 0 atom stereocenters. The van der Waals surface area contributed by atoms with Gasteiger partial charge in [0.15, 0.2) is 0 Å². The molecule has 0 spiro atoms. The molecule has 2 rings (SSSR count). The Morgan fingerprint density at radius 2 is 1.88 bits per heavy atom. The molecule has 0 saturated carbocycles. The van der Waals surface area contributed by atoms with E-state index in [0.29, 0.717) is 31.0 Å². The summed E-state index contributed by atoms with van der Waals surface area (Å²) in [6, 6.07) is 10.2. The van der Waals surface area contributed by atoms with Gasteiger partial charge < -0.3 is 15.3 Å². The van der Waals surface area contributed by atoms with Crippen LogP contribution in [0.1, 0.15) is 45.1 Å². The molecule has 0 bridgehead atoms. The molecule has 2 N–H and O–H groups in total. The van der Waals surface area contributed by atoms with Gasteiger partial charge in [0.2, 0.25) is 0 Å². The fourth-order valence-corrected chi connectivity index (χ4v) is 3.31. The van der Waals surface area contributed by atoms with E-state index in [2.05, 4.69) is 16.3 Å². The Hall–Kier alpha value is -2.06. The number of rotatable bonds is 7. The smallest absolute Gasteiger partial charge is 0.310 e. The van der Waals surface area contributed by atoms with Crippen molar-refractivity contribution in [2.75, 3.05) is 24.5 Å². The highest BCUT2D eigenvalue weighted by Gasteiger charge is 2.35. The summed E-state index contributed by atoms with van der Waals surface area (Å²) in [5.74, 6) is -0.699. The van der Waals surface area contributed by atoms with Crippen LogP contribution in [0.3, 0.4) is 0 Å². The van der Waals surface area contributed by atoms with Crippen LogP contribution in [0.5, 0.6) is 0 Å². The van der Waals surface area contributed by atoms with Crippen LogP contribution in [-0.4, -0.2) is 36.8 Å². The van der Waals surface area contributed by atoms with Crippen LogP contribution in [0.15, 0.2) is 24.3 Å². The number of carboxylic acid groups (broad SMARTS) is 1. The van der Waals surface area contributed by atoms with Gasteiger partial charge in [-0.15, -0.1) is 0 Å². The van der Waals surface area contributed by atoms with Gasteiger partial charge in [-0.1, -0.05) is 13.8 Å². The second kappa shape index (κ2) is 8.16. The van der Waals surface area contributed by atoms with Crippen molar-refractivity contribution in [3.05, 3.63) is 29.8 Å². The van der Waals surface area contributed by atoms with Crippen LogP contribution in [0.4, 0.5) is 5.69 Å². The Kier molecular flexibility index (Phi) is 6.22. The summed E-state index contributed by atoms with van der Waals surface area (Å²) >= 11 is 0. The first-order chi connectivity index (χ1) is 11.5. The van der Waals surface area contributed by atoms with E-state index in [0.717, 1.165) is 31.6 Å². The van der Waals surface area contributed by atoms with Gasteiger partial charge in [-0.3, -0.25) is 4.79 Å². The third-order valence-corrected chi connectivity index (χ3v) is 5.39. The SMILES string of the molecule is CCC(CC)(CNC1CCN(c2ccc(C#N)cc2)CC1)C(=O)O. The number of piperidine rings is 1. The lowest BCUT2D eigenvalue weighted by Gasteiger charge is -2.36. The molecule has 0 aliphatic carbocycles. The first-order valence-corrected chi connectivity index (χ1v) is 8.76. The molecule has 0 radical (unpaired) electrons. The van der Waals surface area contributed by atoms with Crippen molar-refractivity contribution in [2.24, 2.45) is 5.41 Å². The predicted molar refractivity (Wildman–Crippen MR) is 95.0 cm³/mol. The Labute approximate surface area is 144 Å². The first-order valence-electron chi connectivity index (χ1n) is 8.76. The Morgan fingerprint density at radius 1 is 1.29 bits per heavy atom. The first kappa shape index (κ1) is 18.3. The Morgan fingerprint density at radius 3 is 2.33 bits per heavy atom. The summed E-state index contributed by atoms with van der Waals surface area (Å²) < 4.78 is 0. The van der Waals surface area contributed by atoms with Crippen LogP contribution < -0.4 is 10.2 Å². The van der Waals surface area contributed by atoms with Gasteiger partial charge in [0, 0.05) is 31.4 Å². The zero-order chi connectivity index (χ0) is 17.6. The van der Waals surface area contributed by atoms with Crippen molar-refractivity contribution in [1.29, 1.82) is 5.26 Å². The van der Waals surface area contributed by atoms with Crippen molar-refractivity contribution in [3.8, 4) is 6.07 Å². The molecule has 5 nitrogen and oxygen atoms in total. The van der Waals surface area contributed by atoms with Gasteiger partial charge in [0.05, 0.1) is 17.0 Å². The summed E-state index contributed by atoms with van der Waals surface area (Å²) in [4.78, 5) is 13.9. The molecule has 24 heavy (non-hydrogen) atoms. The van der Waals surface area contributed by atoms with E-state index >= 15 is 0 Å². The number of carbonyl (C=O) groups is 1. The Balaban J connectivity index is 1.86. The molecule has 1 aliphatic heterocycles. The van der Waals surface area contributed by atoms with Crippen molar-refractivity contribution < 1.29 is 9.90 Å². The van der Waals surface area contributed by atoms with E-state index in [1.54, 1.807) is 0 Å². The minimum absolute atomic E-state index is 0.372. The number of benzene rings is 1. The maximum atomic E-state index is 11.6. The highest BCUT2D eigenvalue weighted by Crippen LogP contribution is 2.27. The van der Waals surface area contributed by atoms with Crippen LogP contribution in [0.25, 0.3) is 0 Å². The minimum atomic E-state index is -0.699. The summed E-state index contributed by atoms with van der Waals surface area (Å²) in [7, 11) is 0. The number of anilines is 1. The summed E-state index contributed by atoms with van der Waals surface area (Å²) in [5, 5.41) is 21.9. The fourth-order valence-electron chi connectivity index (χ4n) is 3.31. The zero-order valence-corrected chi connectivity index (χ0v) is 14.6. The third kappa shape index (κ3) is 4.07. The lowest BCUT2D eigenvalue weighted by atomic mass is 9.82. The highest BCUT2D eigenvalue weighted by molar-refractivity contribution is 5.74. The quantitative estimate of drug-likeness (QED) is 0.804. The zero-order valence-electron chi connectivity index (χ0n) is 14.6. The van der Waals surface area contributed by atoms with Crippen molar-refractivity contribution >= 4 is 11.7 Å². The standard InChI is InChI=1S/C19H27N3O2/c1-3-19(4-2,18(23)24)14-21-16-9-11-22(12-10-16)17-7-5-15(13-20)6-8-17/h5-8,16,21H,3-4,9-12,14H2,1-2H3,(H,23,24). The fraction of sp³-hybridized carbons (Fsp3) is 0.579. The summed E-state index contributed by atoms with van der Waals surface area (Å²) in [6.45, 7) is 6.33. The van der Waals surface area contributed by atoms with Crippen LogP contribution >= 0.6 is 0 Å². The maximum Gasteiger partial charge on any atom is 0.310 e. The van der Waals surface area contributed by atoms with E-state index in [4.69, 9.17) is 5.26 Å². The predicted octanol–water partition coefficient (Wildman–Crippen LogP) is 3.01. The van der Waals surface area contributed by atoms with Gasteiger partial charge in [-0.05, 0) is 49.9 Å². The van der Waals surface area contributed by atoms with E-state index in [9.17, 15) is 9.90 Å². The van der Waals surface area contributed by atoms with E-state index in [1.807, 2.05) is 38.1 Å². The second-order valence-electron chi connectivity index (χ2n) is 6.59. The molecule has 0 unspecified atom stereocenters. The normalized spacial score (nSPS) is 16.0. The average molecular weight is 329 g/mol. The van der Waals surface area contributed by atoms with Crippen molar-refractivity contribution in [3.63, 3.8) is 0 Å². The van der Waals surface area contributed by atoms with Gasteiger partial charge in [0.1, 0.15) is 0 Å². The van der Waals surface area contributed by atoms with Crippen molar-refractivity contribution in [2.45, 2.75) is 45.6 Å². The molecule has 1 saturated heterocycles. The molecular formula is C19H27N3O2. The number of aliphatic carboxylic acids is 1. The number of nitriles is 1. The van der Waals surface area contributed by atoms with Gasteiger partial charge in [0.25, 0.3) is 0 Å². The number of nitrogens with zero attached hydrogens (tertiary/aromatic N) is 2. The van der Waals surface area contributed by atoms with Crippen LogP contribution in [0, 0.1) is 16.7 Å². The molecule has 1 aromatic rings. The Bertz CT molecular complexity index is 580. The number of carboxylic acids is 1. The van der Waals surface area contributed by atoms with E-state index in [-0.39, 0.29) is 0 Å². The van der Waals surface area contributed by atoms with E-state index in [1.165, 1.54) is 0 Å². The van der Waals surface area contributed by atoms with Gasteiger partial charge in [-0.2, -0.15) is 5.26 Å². The topological polar surface area (TPSA) is 76.4 Å². The van der Waals surface area contributed by atoms with Crippen LogP contribution in [-0.2, 0) is 4.79 Å². The van der Waals surface area contributed by atoms with Crippen LogP contribution in [0.2, 0.25) is 0 Å². The number of nitrogens with one attached hydrogen (secondary N) is 1. The highest BCUT2D eigenvalue weighted by atomic mass is 16.4. The molecule has 130 valence electrons. The second-order valence-corrected chi connectivity index (χ2v) is 6.59. The largest absolute Gasteiger partial charge is 0.481 e. The minimum Gasteiger partial charge on any atom is -0.481 e. The lowest BCUT2D eigenvalue weighted by Crippen LogP contribution is -2.48. The molecule has 1 aliphatic rings. The summed E-state index contributed by atoms with van der Waals surface area (Å²) in [6.07, 6.45) is 3.30. The van der Waals surface area contributed by atoms with Gasteiger partial charge >= 0.3 is 5.97 Å². The lowest BCUT2D eigenvalue weighted by molar-refractivity contribution is -0.149. The average Bonchev–Trinajstić information content (AvgIpc) is 2.63. The molecule has 1 aromatic carbocycles. The number of hydrogen-bond donors (Lipinski definition) is 2. The molecular weight excluding hydrogens is 302 g/mol. The number of hydrogen-bond acceptors (Lipinski definition) is 4. The van der Waals surface area contributed by atoms with Gasteiger partial charge in [-0.25, -0.2) is 0 Å². The molecule has 0 amide bonds. The summed E-state index contributed by atoms with van der Waals surface area (Å²) in [5.41, 5.74) is 1.18. The van der Waals surface area contributed by atoms with E-state index < -0.39 is 11.4 Å². The molecule has 1 fully saturated rings. The molecule has 5 heteroatoms. The third-order valence-electron chi connectivity index (χ3n) is 5.39.